The molecule has 118 valence electrons. The number of H-pyrrole nitrogens is 1. The number of carbonyl (C=O) groups excluding carboxylic acids is 1. The molecule has 0 atom stereocenters. The van der Waals surface area contributed by atoms with Crippen molar-refractivity contribution < 1.29 is 9.53 Å². The predicted octanol–water partition coefficient (Wildman–Crippen LogP) is 3.54. The average Bonchev–Trinajstić information content (AvgIpc) is 3.02. The van der Waals surface area contributed by atoms with Gasteiger partial charge in [0, 0.05) is 23.6 Å². The van der Waals surface area contributed by atoms with Crippen molar-refractivity contribution in [1.29, 1.82) is 0 Å². The van der Waals surface area contributed by atoms with Gasteiger partial charge in [0.25, 0.3) is 5.91 Å². The van der Waals surface area contributed by atoms with Gasteiger partial charge in [0.15, 0.2) is 0 Å². The Morgan fingerprint density at radius 2 is 2.00 bits per heavy atom. The van der Waals surface area contributed by atoms with Crippen LogP contribution in [-0.4, -0.2) is 24.5 Å². The summed E-state index contributed by atoms with van der Waals surface area (Å²) < 4.78 is 5.23. The summed E-state index contributed by atoms with van der Waals surface area (Å²) in [5.74, 6) is 0.688. The highest BCUT2D eigenvalue weighted by Gasteiger charge is 2.12. The summed E-state index contributed by atoms with van der Waals surface area (Å²) in [7, 11) is 1.62. The number of aryl methyl sites for hydroxylation is 1. The summed E-state index contributed by atoms with van der Waals surface area (Å²) in [6.07, 6.45) is 3.63. The highest BCUT2D eigenvalue weighted by atomic mass is 16.5. The van der Waals surface area contributed by atoms with E-state index in [9.17, 15) is 4.79 Å². The van der Waals surface area contributed by atoms with E-state index >= 15 is 0 Å². The first-order valence-corrected chi connectivity index (χ1v) is 7.75. The van der Waals surface area contributed by atoms with Crippen molar-refractivity contribution in [2.75, 3.05) is 13.7 Å². The molecule has 0 spiro atoms. The fourth-order valence-electron chi connectivity index (χ4n) is 2.65. The van der Waals surface area contributed by atoms with Crippen LogP contribution < -0.4 is 10.1 Å². The standard InChI is InChI=1S/C19H20N2O2/c1-23-15-9-10-18-16(12-15)17(13-21-18)19(22)20-11-5-8-14-6-3-2-4-7-14/h2-4,6-7,9-10,12-13,21H,5,8,11H2,1H3,(H,20,22). The molecule has 0 radical (unpaired) electrons. The summed E-state index contributed by atoms with van der Waals surface area (Å²) in [4.78, 5) is 15.5. The fraction of sp³-hybridized carbons (Fsp3) is 0.211. The Bertz CT molecular complexity index is 793. The lowest BCUT2D eigenvalue weighted by atomic mass is 10.1. The van der Waals surface area contributed by atoms with Crippen molar-refractivity contribution in [1.82, 2.24) is 10.3 Å². The number of benzene rings is 2. The molecule has 3 rings (SSSR count). The van der Waals surface area contributed by atoms with E-state index in [1.165, 1.54) is 5.56 Å². The number of methoxy groups -OCH3 is 1. The number of carbonyl (C=O) groups is 1. The molecule has 2 N–H and O–H groups in total. The molecule has 1 heterocycles. The van der Waals surface area contributed by atoms with E-state index in [2.05, 4.69) is 22.4 Å². The zero-order valence-corrected chi connectivity index (χ0v) is 13.1. The SMILES string of the molecule is COc1ccc2[nH]cc(C(=O)NCCCc3ccccc3)c2c1. The van der Waals surface area contributed by atoms with Crippen LogP contribution in [0.1, 0.15) is 22.3 Å². The maximum atomic E-state index is 12.4. The van der Waals surface area contributed by atoms with Crippen molar-refractivity contribution in [3.8, 4) is 5.75 Å². The molecule has 3 aromatic rings. The van der Waals surface area contributed by atoms with Crippen molar-refractivity contribution in [2.45, 2.75) is 12.8 Å². The molecule has 1 aromatic heterocycles. The van der Waals surface area contributed by atoms with E-state index in [0.717, 1.165) is 29.5 Å². The first-order valence-electron chi connectivity index (χ1n) is 7.75. The molecule has 0 bridgehead atoms. The van der Waals surface area contributed by atoms with Crippen LogP contribution in [0, 0.1) is 0 Å². The number of hydrogen-bond donors (Lipinski definition) is 2. The highest BCUT2D eigenvalue weighted by molar-refractivity contribution is 6.07. The molecule has 0 fully saturated rings. The van der Waals surface area contributed by atoms with Gasteiger partial charge in [-0.25, -0.2) is 0 Å². The monoisotopic (exact) mass is 308 g/mol. The third-order valence-electron chi connectivity index (χ3n) is 3.90. The van der Waals surface area contributed by atoms with Gasteiger partial charge in [-0.05, 0) is 36.6 Å². The molecule has 4 nitrogen and oxygen atoms in total. The quantitative estimate of drug-likeness (QED) is 0.684. The van der Waals surface area contributed by atoms with Crippen LogP contribution in [0.3, 0.4) is 0 Å². The van der Waals surface area contributed by atoms with Gasteiger partial charge in [0.05, 0.1) is 12.7 Å². The van der Waals surface area contributed by atoms with Crippen LogP contribution in [0.25, 0.3) is 10.9 Å². The number of fused-ring (bicyclic) bond motifs is 1. The molecule has 0 aliphatic carbocycles. The molecule has 4 heteroatoms. The Kier molecular flexibility index (Phi) is 4.62. The van der Waals surface area contributed by atoms with Gasteiger partial charge in [0.1, 0.15) is 5.75 Å². The van der Waals surface area contributed by atoms with Crippen LogP contribution in [-0.2, 0) is 6.42 Å². The van der Waals surface area contributed by atoms with Crippen molar-refractivity contribution >= 4 is 16.8 Å². The van der Waals surface area contributed by atoms with Gasteiger partial charge in [-0.15, -0.1) is 0 Å². The van der Waals surface area contributed by atoms with Crippen molar-refractivity contribution in [3.05, 3.63) is 65.9 Å². The van der Waals surface area contributed by atoms with Crippen LogP contribution in [0.5, 0.6) is 5.75 Å². The smallest absolute Gasteiger partial charge is 0.253 e. The summed E-state index contributed by atoms with van der Waals surface area (Å²) in [5, 5.41) is 3.86. The lowest BCUT2D eigenvalue weighted by Crippen LogP contribution is -2.24. The number of hydrogen-bond acceptors (Lipinski definition) is 2. The van der Waals surface area contributed by atoms with Gasteiger partial charge in [-0.1, -0.05) is 30.3 Å². The molecule has 1 amide bonds. The van der Waals surface area contributed by atoms with Crippen LogP contribution >= 0.6 is 0 Å². The highest BCUT2D eigenvalue weighted by Crippen LogP contribution is 2.23. The Hall–Kier alpha value is -2.75. The Balaban J connectivity index is 1.60. The first-order chi connectivity index (χ1) is 11.3. The van der Waals surface area contributed by atoms with Crippen LogP contribution in [0.4, 0.5) is 0 Å². The molecule has 0 aliphatic rings. The molecular formula is C19H20N2O2. The maximum absolute atomic E-state index is 12.4. The van der Waals surface area contributed by atoms with Crippen LogP contribution in [0.15, 0.2) is 54.7 Å². The van der Waals surface area contributed by atoms with E-state index in [0.29, 0.717) is 12.1 Å². The van der Waals surface area contributed by atoms with Gasteiger partial charge in [-0.2, -0.15) is 0 Å². The molecular weight excluding hydrogens is 288 g/mol. The summed E-state index contributed by atoms with van der Waals surface area (Å²) in [6.45, 7) is 0.657. The minimum atomic E-state index is -0.0578. The predicted molar refractivity (Wildman–Crippen MR) is 91.9 cm³/mol. The Morgan fingerprint density at radius 1 is 1.17 bits per heavy atom. The number of ether oxygens (including phenoxy) is 1. The first kappa shape index (κ1) is 15.2. The Morgan fingerprint density at radius 3 is 2.78 bits per heavy atom. The zero-order chi connectivity index (χ0) is 16.1. The van der Waals surface area contributed by atoms with Crippen LogP contribution in [0.2, 0.25) is 0 Å². The van der Waals surface area contributed by atoms with E-state index in [-0.39, 0.29) is 5.91 Å². The second-order valence-electron chi connectivity index (χ2n) is 5.46. The topological polar surface area (TPSA) is 54.1 Å². The molecule has 23 heavy (non-hydrogen) atoms. The molecule has 0 saturated heterocycles. The average molecular weight is 308 g/mol. The minimum absolute atomic E-state index is 0.0578. The molecule has 2 aromatic carbocycles. The second kappa shape index (κ2) is 7.01. The van der Waals surface area contributed by atoms with Crippen molar-refractivity contribution in [3.63, 3.8) is 0 Å². The third kappa shape index (κ3) is 3.54. The molecule has 0 saturated carbocycles. The summed E-state index contributed by atoms with van der Waals surface area (Å²) in [5.41, 5.74) is 2.87. The zero-order valence-electron chi connectivity index (χ0n) is 13.1. The van der Waals surface area contributed by atoms with Gasteiger partial charge in [0.2, 0.25) is 0 Å². The lowest BCUT2D eigenvalue weighted by molar-refractivity contribution is 0.0955. The number of aromatic amines is 1. The normalized spacial score (nSPS) is 10.7. The number of rotatable bonds is 6. The maximum Gasteiger partial charge on any atom is 0.253 e. The van der Waals surface area contributed by atoms with Crippen molar-refractivity contribution in [2.24, 2.45) is 0 Å². The van der Waals surface area contributed by atoms with E-state index < -0.39 is 0 Å². The Labute approximate surface area is 135 Å². The number of amides is 1. The minimum Gasteiger partial charge on any atom is -0.497 e. The lowest BCUT2D eigenvalue weighted by Gasteiger charge is -2.05. The summed E-state index contributed by atoms with van der Waals surface area (Å²) in [6, 6.07) is 16.0. The largest absolute Gasteiger partial charge is 0.497 e. The molecule has 0 aliphatic heterocycles. The summed E-state index contributed by atoms with van der Waals surface area (Å²) >= 11 is 0. The fourth-order valence-corrected chi connectivity index (χ4v) is 2.65. The van der Waals surface area contributed by atoms with E-state index in [1.807, 2.05) is 36.4 Å². The van der Waals surface area contributed by atoms with E-state index in [4.69, 9.17) is 4.74 Å². The van der Waals surface area contributed by atoms with Gasteiger partial charge < -0.3 is 15.0 Å². The van der Waals surface area contributed by atoms with Gasteiger partial charge >= 0.3 is 0 Å². The second-order valence-corrected chi connectivity index (χ2v) is 5.46. The molecule has 0 unspecified atom stereocenters. The van der Waals surface area contributed by atoms with E-state index in [1.54, 1.807) is 13.3 Å². The third-order valence-corrected chi connectivity index (χ3v) is 3.90. The number of nitrogens with one attached hydrogen (secondary N) is 2. The number of aromatic nitrogens is 1. The van der Waals surface area contributed by atoms with Gasteiger partial charge in [-0.3, -0.25) is 4.79 Å².